The fourth-order valence-electron chi connectivity index (χ4n) is 3.01. The molecule has 0 aliphatic carbocycles. The Labute approximate surface area is 148 Å². The summed E-state index contributed by atoms with van der Waals surface area (Å²) in [4.78, 5) is 9.02. The highest BCUT2D eigenvalue weighted by Gasteiger charge is 2.21. The van der Waals surface area contributed by atoms with Gasteiger partial charge in [0.1, 0.15) is 12.1 Å². The first-order valence-electron chi connectivity index (χ1n) is 8.39. The number of aryl methyl sites for hydroxylation is 1. The van der Waals surface area contributed by atoms with Crippen LogP contribution in [0.1, 0.15) is 5.82 Å². The van der Waals surface area contributed by atoms with Crippen LogP contribution in [0.3, 0.4) is 0 Å². The van der Waals surface area contributed by atoms with Gasteiger partial charge >= 0.3 is 0 Å². The summed E-state index contributed by atoms with van der Waals surface area (Å²) in [5.41, 5.74) is 1.15. The van der Waals surface area contributed by atoms with Crippen molar-refractivity contribution < 1.29 is 4.74 Å². The minimum absolute atomic E-state index is 0.607. The van der Waals surface area contributed by atoms with Crippen molar-refractivity contribution in [2.24, 2.45) is 12.0 Å². The molecule has 0 radical (unpaired) electrons. The summed E-state index contributed by atoms with van der Waals surface area (Å²) >= 11 is 0. The molecule has 2 aromatic rings. The van der Waals surface area contributed by atoms with E-state index in [9.17, 15) is 0 Å². The molecule has 1 aliphatic rings. The number of guanidine groups is 1. The van der Waals surface area contributed by atoms with E-state index in [1.54, 1.807) is 13.4 Å². The van der Waals surface area contributed by atoms with Crippen molar-refractivity contribution in [3.8, 4) is 5.75 Å². The number of methoxy groups -OCH3 is 1. The van der Waals surface area contributed by atoms with Gasteiger partial charge in [-0.05, 0) is 12.1 Å². The maximum absolute atomic E-state index is 5.48. The van der Waals surface area contributed by atoms with E-state index >= 15 is 0 Å². The number of hydrogen-bond acceptors (Lipinski definition) is 5. The van der Waals surface area contributed by atoms with Crippen molar-refractivity contribution >= 4 is 11.6 Å². The minimum Gasteiger partial charge on any atom is -0.495 e. The number of piperazine rings is 1. The van der Waals surface area contributed by atoms with Gasteiger partial charge in [-0.15, -0.1) is 10.2 Å². The highest BCUT2D eigenvalue weighted by Crippen LogP contribution is 2.28. The molecule has 8 heteroatoms. The predicted molar refractivity (Wildman–Crippen MR) is 98.0 cm³/mol. The lowest BCUT2D eigenvalue weighted by atomic mass is 10.2. The van der Waals surface area contributed by atoms with Crippen LogP contribution >= 0.6 is 0 Å². The maximum atomic E-state index is 5.48. The highest BCUT2D eigenvalue weighted by atomic mass is 16.5. The largest absolute Gasteiger partial charge is 0.495 e. The molecular formula is C17H25N7O. The van der Waals surface area contributed by atoms with Gasteiger partial charge in [0.25, 0.3) is 0 Å². The number of aromatic nitrogens is 3. The van der Waals surface area contributed by atoms with Gasteiger partial charge in [0.05, 0.1) is 19.3 Å². The van der Waals surface area contributed by atoms with Crippen LogP contribution < -0.4 is 15.0 Å². The van der Waals surface area contributed by atoms with E-state index in [0.29, 0.717) is 6.54 Å². The van der Waals surface area contributed by atoms with Crippen molar-refractivity contribution in [2.45, 2.75) is 6.54 Å². The van der Waals surface area contributed by atoms with E-state index in [0.717, 1.165) is 49.4 Å². The van der Waals surface area contributed by atoms with Gasteiger partial charge < -0.3 is 24.4 Å². The molecule has 134 valence electrons. The summed E-state index contributed by atoms with van der Waals surface area (Å²) < 4.78 is 7.38. The number of aliphatic imine (C=N–C) groups is 1. The normalized spacial score (nSPS) is 15.4. The molecule has 2 heterocycles. The second-order valence-electron chi connectivity index (χ2n) is 5.90. The maximum Gasteiger partial charge on any atom is 0.194 e. The number of hydrogen-bond donors (Lipinski definition) is 1. The quantitative estimate of drug-likeness (QED) is 0.652. The summed E-state index contributed by atoms with van der Waals surface area (Å²) in [6.07, 6.45) is 1.70. The number of rotatable bonds is 4. The Morgan fingerprint density at radius 1 is 1.24 bits per heavy atom. The van der Waals surface area contributed by atoms with Gasteiger partial charge in [0.15, 0.2) is 11.8 Å². The zero-order chi connectivity index (χ0) is 17.6. The third-order valence-electron chi connectivity index (χ3n) is 4.43. The molecule has 3 rings (SSSR count). The molecule has 1 aromatic carbocycles. The van der Waals surface area contributed by atoms with Crippen LogP contribution in [0.15, 0.2) is 35.6 Å². The molecule has 0 spiro atoms. The first-order valence-corrected chi connectivity index (χ1v) is 8.39. The molecule has 0 saturated carbocycles. The first-order chi connectivity index (χ1) is 12.2. The average molecular weight is 343 g/mol. The van der Waals surface area contributed by atoms with Crippen LogP contribution in [0.5, 0.6) is 5.75 Å². The molecule has 25 heavy (non-hydrogen) atoms. The number of para-hydroxylation sites is 2. The van der Waals surface area contributed by atoms with Crippen LogP contribution in [-0.4, -0.2) is 66.0 Å². The number of nitrogens with zero attached hydrogens (tertiary/aromatic N) is 6. The lowest BCUT2D eigenvalue weighted by molar-refractivity contribution is 0.366. The smallest absolute Gasteiger partial charge is 0.194 e. The highest BCUT2D eigenvalue weighted by molar-refractivity contribution is 5.80. The zero-order valence-corrected chi connectivity index (χ0v) is 15.0. The van der Waals surface area contributed by atoms with Crippen LogP contribution in [0.25, 0.3) is 0 Å². The van der Waals surface area contributed by atoms with Gasteiger partial charge in [0, 0.05) is 40.3 Å². The first kappa shape index (κ1) is 17.1. The lowest BCUT2D eigenvalue weighted by Gasteiger charge is -2.38. The van der Waals surface area contributed by atoms with E-state index in [2.05, 4.69) is 36.4 Å². The molecular weight excluding hydrogens is 318 g/mol. The van der Waals surface area contributed by atoms with E-state index < -0.39 is 0 Å². The van der Waals surface area contributed by atoms with Crippen molar-refractivity contribution in [3.05, 3.63) is 36.4 Å². The Bertz CT molecular complexity index is 719. The third kappa shape index (κ3) is 3.84. The minimum atomic E-state index is 0.607. The molecule has 1 aliphatic heterocycles. The topological polar surface area (TPSA) is 70.8 Å². The molecule has 1 aromatic heterocycles. The second kappa shape index (κ2) is 7.87. The lowest BCUT2D eigenvalue weighted by Crippen LogP contribution is -2.52. The third-order valence-corrected chi connectivity index (χ3v) is 4.43. The molecule has 0 atom stereocenters. The Morgan fingerprint density at radius 2 is 2.00 bits per heavy atom. The van der Waals surface area contributed by atoms with Gasteiger partial charge in [-0.25, -0.2) is 0 Å². The van der Waals surface area contributed by atoms with Crippen molar-refractivity contribution in [2.75, 3.05) is 45.2 Å². The fourth-order valence-corrected chi connectivity index (χ4v) is 3.01. The molecule has 0 amide bonds. The summed E-state index contributed by atoms with van der Waals surface area (Å²) in [5.74, 6) is 2.69. The summed E-state index contributed by atoms with van der Waals surface area (Å²) in [6, 6.07) is 8.15. The van der Waals surface area contributed by atoms with Crippen LogP contribution in [0, 0.1) is 0 Å². The van der Waals surface area contributed by atoms with Gasteiger partial charge in [-0.2, -0.15) is 0 Å². The number of nitrogens with one attached hydrogen (secondary N) is 1. The van der Waals surface area contributed by atoms with Crippen molar-refractivity contribution in [1.82, 2.24) is 25.0 Å². The Hall–Kier alpha value is -2.77. The van der Waals surface area contributed by atoms with Crippen LogP contribution in [0.4, 0.5) is 5.69 Å². The van der Waals surface area contributed by atoms with Crippen LogP contribution in [0.2, 0.25) is 0 Å². The van der Waals surface area contributed by atoms with E-state index in [-0.39, 0.29) is 0 Å². The molecule has 0 bridgehead atoms. The zero-order valence-electron chi connectivity index (χ0n) is 15.0. The fraction of sp³-hybridized carbons (Fsp3) is 0.471. The van der Waals surface area contributed by atoms with Gasteiger partial charge in [-0.1, -0.05) is 12.1 Å². The Morgan fingerprint density at radius 3 is 2.64 bits per heavy atom. The summed E-state index contributed by atoms with van der Waals surface area (Å²) in [5, 5.41) is 11.4. The second-order valence-corrected chi connectivity index (χ2v) is 5.90. The number of ether oxygens (including phenoxy) is 1. The molecule has 1 fully saturated rings. The Balaban J connectivity index is 1.58. The van der Waals surface area contributed by atoms with Gasteiger partial charge in [-0.3, -0.25) is 4.99 Å². The molecule has 0 unspecified atom stereocenters. The predicted octanol–water partition coefficient (Wildman–Crippen LogP) is 0.721. The van der Waals surface area contributed by atoms with Crippen LogP contribution in [-0.2, 0) is 13.6 Å². The monoisotopic (exact) mass is 343 g/mol. The Kier molecular flexibility index (Phi) is 5.37. The summed E-state index contributed by atoms with van der Waals surface area (Å²) in [6.45, 7) is 4.25. The average Bonchev–Trinajstić information content (AvgIpc) is 3.07. The molecule has 8 nitrogen and oxygen atoms in total. The number of anilines is 1. The molecule has 1 saturated heterocycles. The number of benzene rings is 1. The standard InChI is InChI=1S/C17H25N7O/c1-18-17(19-12-16-21-20-13-22(16)2)24-10-8-23(9-11-24)14-6-4-5-7-15(14)25-3/h4-7,13H,8-12H2,1-3H3,(H,18,19). The SMILES string of the molecule is CN=C(NCc1nncn1C)N1CCN(c2ccccc2OC)CC1. The molecule has 1 N–H and O–H groups in total. The van der Waals surface area contributed by atoms with Crippen molar-refractivity contribution in [1.29, 1.82) is 0 Å². The van der Waals surface area contributed by atoms with Gasteiger partial charge in [0.2, 0.25) is 0 Å². The van der Waals surface area contributed by atoms with E-state index in [1.807, 2.05) is 36.9 Å². The van der Waals surface area contributed by atoms with E-state index in [4.69, 9.17) is 4.74 Å². The van der Waals surface area contributed by atoms with E-state index in [1.165, 1.54) is 0 Å². The summed E-state index contributed by atoms with van der Waals surface area (Å²) in [7, 11) is 5.46. The van der Waals surface area contributed by atoms with Crippen molar-refractivity contribution in [3.63, 3.8) is 0 Å².